The number of fused-ring (bicyclic) bond motifs is 1. The molecule has 3 fully saturated rings. The second-order valence-electron chi connectivity index (χ2n) is 12.5. The van der Waals surface area contributed by atoms with Crippen LogP contribution in [0.4, 0.5) is 10.2 Å². The van der Waals surface area contributed by atoms with Gasteiger partial charge in [0.1, 0.15) is 17.5 Å². The van der Waals surface area contributed by atoms with E-state index in [1.54, 1.807) is 24.7 Å². The Morgan fingerprint density at radius 3 is 2.61 bits per heavy atom. The summed E-state index contributed by atoms with van der Waals surface area (Å²) in [5.41, 5.74) is 9.15. The molecular weight excluding hydrogens is 602 g/mol. The van der Waals surface area contributed by atoms with Gasteiger partial charge < -0.3 is 20.1 Å². The van der Waals surface area contributed by atoms with Crippen molar-refractivity contribution in [3.05, 3.63) is 64.3 Å². The number of rotatable bonds is 9. The summed E-state index contributed by atoms with van der Waals surface area (Å²) < 4.78 is 30.2. The Bertz CT molecular complexity index is 1670. The van der Waals surface area contributed by atoms with Crippen LogP contribution in [0.15, 0.2) is 42.9 Å². The molecular formula is C33H37Cl2FN6O2. The van der Waals surface area contributed by atoms with Gasteiger partial charge in [0.05, 0.1) is 27.1 Å². The van der Waals surface area contributed by atoms with Crippen LogP contribution in [-0.4, -0.2) is 44.5 Å². The van der Waals surface area contributed by atoms with Gasteiger partial charge in [0.15, 0.2) is 17.9 Å². The van der Waals surface area contributed by atoms with E-state index in [1.807, 2.05) is 29.8 Å². The van der Waals surface area contributed by atoms with Crippen LogP contribution in [0.1, 0.15) is 76.7 Å². The lowest BCUT2D eigenvalue weighted by Gasteiger charge is -2.56. The van der Waals surface area contributed by atoms with Crippen LogP contribution in [0.25, 0.3) is 22.2 Å². The first-order chi connectivity index (χ1) is 21.3. The first-order valence-electron chi connectivity index (χ1n) is 15.6. The fourth-order valence-electron chi connectivity index (χ4n) is 6.72. The molecule has 2 saturated heterocycles. The van der Waals surface area contributed by atoms with Crippen LogP contribution in [-0.2, 0) is 4.74 Å². The Labute approximate surface area is 266 Å². The molecule has 4 atom stereocenters. The number of pyridine rings is 2. The van der Waals surface area contributed by atoms with Crippen LogP contribution in [0.2, 0.25) is 10.0 Å². The highest BCUT2D eigenvalue weighted by molar-refractivity contribution is 6.35. The van der Waals surface area contributed by atoms with E-state index in [-0.39, 0.29) is 23.6 Å². The molecule has 8 nitrogen and oxygen atoms in total. The van der Waals surface area contributed by atoms with E-state index in [0.29, 0.717) is 57.5 Å². The Morgan fingerprint density at radius 2 is 1.93 bits per heavy atom. The maximum Gasteiger partial charge on any atom is 0.166 e. The van der Waals surface area contributed by atoms with E-state index in [9.17, 15) is 0 Å². The third-order valence-electron chi connectivity index (χ3n) is 9.50. The summed E-state index contributed by atoms with van der Waals surface area (Å²) in [5, 5.41) is 6.66. The lowest BCUT2D eigenvalue weighted by molar-refractivity contribution is -0.0365. The molecule has 232 valence electrons. The van der Waals surface area contributed by atoms with E-state index in [1.165, 1.54) is 12.8 Å². The number of nitrogens with zero attached hydrogens (tertiary/aromatic N) is 5. The van der Waals surface area contributed by atoms with Gasteiger partial charge in [-0.3, -0.25) is 4.98 Å². The topological polar surface area (TPSA) is 91.3 Å². The highest BCUT2D eigenvalue weighted by Gasteiger charge is 2.51. The number of benzene rings is 1. The first kappa shape index (κ1) is 29.7. The van der Waals surface area contributed by atoms with Crippen LogP contribution >= 0.6 is 23.2 Å². The summed E-state index contributed by atoms with van der Waals surface area (Å²) in [6.45, 7) is 5.28. The second kappa shape index (κ2) is 11.7. The average molecular weight is 640 g/mol. The number of halogens is 3. The zero-order valence-electron chi connectivity index (χ0n) is 25.0. The monoisotopic (exact) mass is 638 g/mol. The minimum absolute atomic E-state index is 0.0976. The van der Waals surface area contributed by atoms with E-state index < -0.39 is 6.10 Å². The molecule has 2 N–H and O–H groups in total. The van der Waals surface area contributed by atoms with E-state index >= 15 is 4.39 Å². The molecule has 44 heavy (non-hydrogen) atoms. The standard InChI is InChI=1S/C33H37Cl2FN6O2/c1-3-33(37)18-41(28(33)12-20-7-8-20)32-26(36)13-21(15-39-32)31-23-14-22(44-19(2)30-24(34)16-38-17-25(30)35)9-10-27(23)42(40-31)29-6-4-5-11-43-29/h9-10,13-17,19-20,28-29H,3-8,11-12,18,37H2,1-2H3/t19-,28?,29?,33?/m1/s1. The molecule has 11 heteroatoms. The Hall–Kier alpha value is -2.98. The summed E-state index contributed by atoms with van der Waals surface area (Å²) in [6.07, 6.45) is 11.4. The molecule has 1 saturated carbocycles. The number of hydrogen-bond acceptors (Lipinski definition) is 7. The van der Waals surface area contributed by atoms with Gasteiger partial charge in [-0.05, 0) is 69.2 Å². The van der Waals surface area contributed by atoms with Crippen molar-refractivity contribution < 1.29 is 13.9 Å². The minimum atomic E-state index is -0.438. The zero-order chi connectivity index (χ0) is 30.6. The largest absolute Gasteiger partial charge is 0.486 e. The lowest BCUT2D eigenvalue weighted by atomic mass is 9.76. The summed E-state index contributed by atoms with van der Waals surface area (Å²) >= 11 is 12.8. The third kappa shape index (κ3) is 5.42. The number of ether oxygens (including phenoxy) is 2. The van der Waals surface area contributed by atoms with Crippen molar-refractivity contribution in [1.82, 2.24) is 19.7 Å². The van der Waals surface area contributed by atoms with Crippen molar-refractivity contribution in [2.45, 2.75) is 82.7 Å². The van der Waals surface area contributed by atoms with Crippen LogP contribution in [0.5, 0.6) is 5.75 Å². The van der Waals surface area contributed by atoms with Crippen molar-refractivity contribution in [2.24, 2.45) is 11.7 Å². The summed E-state index contributed by atoms with van der Waals surface area (Å²) in [6, 6.07) is 7.42. The number of nitrogens with two attached hydrogens (primary N) is 1. The Morgan fingerprint density at radius 1 is 1.14 bits per heavy atom. The molecule has 0 amide bonds. The summed E-state index contributed by atoms with van der Waals surface area (Å²) in [4.78, 5) is 10.8. The zero-order valence-corrected chi connectivity index (χ0v) is 26.5. The predicted molar refractivity (Wildman–Crippen MR) is 171 cm³/mol. The second-order valence-corrected chi connectivity index (χ2v) is 13.3. The van der Waals surface area contributed by atoms with E-state index in [0.717, 1.165) is 43.0 Å². The average Bonchev–Trinajstić information content (AvgIpc) is 3.77. The molecule has 0 spiro atoms. The molecule has 5 heterocycles. The van der Waals surface area contributed by atoms with Gasteiger partial charge >= 0.3 is 0 Å². The SMILES string of the molecule is CCC1(N)CN(c2ncc(-c3nn(C4CCCCO4)c4ccc(O[C@H](C)c5c(Cl)cncc5Cl)cc34)cc2F)C1CC1CC1. The highest BCUT2D eigenvalue weighted by atomic mass is 35.5. The van der Waals surface area contributed by atoms with E-state index in [2.05, 4.69) is 21.8 Å². The van der Waals surface area contributed by atoms with Gasteiger partial charge in [-0.15, -0.1) is 0 Å². The van der Waals surface area contributed by atoms with Crippen molar-refractivity contribution in [3.63, 3.8) is 0 Å². The lowest BCUT2D eigenvalue weighted by Crippen LogP contribution is -2.74. The number of aromatic nitrogens is 4. The smallest absolute Gasteiger partial charge is 0.166 e. The Kier molecular flexibility index (Phi) is 7.93. The van der Waals surface area contributed by atoms with Crippen molar-refractivity contribution >= 4 is 39.9 Å². The van der Waals surface area contributed by atoms with Crippen LogP contribution in [0.3, 0.4) is 0 Å². The molecule has 3 aromatic heterocycles. The predicted octanol–water partition coefficient (Wildman–Crippen LogP) is 7.87. The Balaban J connectivity index is 1.24. The molecule has 4 aromatic rings. The number of hydrogen-bond donors (Lipinski definition) is 1. The fraction of sp³-hybridized carbons (Fsp3) is 0.485. The van der Waals surface area contributed by atoms with Crippen LogP contribution in [0, 0.1) is 11.7 Å². The maximum atomic E-state index is 15.9. The molecule has 1 aliphatic carbocycles. The fourth-order valence-corrected chi connectivity index (χ4v) is 7.39. The van der Waals surface area contributed by atoms with Gasteiger partial charge in [0.2, 0.25) is 0 Å². The first-order valence-corrected chi connectivity index (χ1v) is 16.3. The van der Waals surface area contributed by atoms with Gasteiger partial charge in [0.25, 0.3) is 0 Å². The van der Waals surface area contributed by atoms with Gasteiger partial charge in [-0.2, -0.15) is 5.10 Å². The molecule has 3 aliphatic rings. The quantitative estimate of drug-likeness (QED) is 0.199. The van der Waals surface area contributed by atoms with Crippen molar-refractivity contribution in [1.29, 1.82) is 0 Å². The van der Waals surface area contributed by atoms with Crippen molar-refractivity contribution in [3.8, 4) is 17.0 Å². The van der Waals surface area contributed by atoms with Gasteiger partial charge in [0, 0.05) is 48.3 Å². The highest BCUT2D eigenvalue weighted by Crippen LogP contribution is 2.45. The third-order valence-corrected chi connectivity index (χ3v) is 10.1. The molecule has 2 aliphatic heterocycles. The van der Waals surface area contributed by atoms with Crippen molar-refractivity contribution in [2.75, 3.05) is 18.1 Å². The molecule has 0 bridgehead atoms. The van der Waals surface area contributed by atoms with Crippen LogP contribution < -0.4 is 15.4 Å². The summed E-state index contributed by atoms with van der Waals surface area (Å²) in [7, 11) is 0. The molecule has 1 aromatic carbocycles. The summed E-state index contributed by atoms with van der Waals surface area (Å²) in [5.74, 6) is 1.27. The molecule has 0 radical (unpaired) electrons. The van der Waals surface area contributed by atoms with Gasteiger partial charge in [-0.1, -0.05) is 43.0 Å². The van der Waals surface area contributed by atoms with E-state index in [4.69, 9.17) is 43.5 Å². The maximum absolute atomic E-state index is 15.9. The normalized spacial score (nSPS) is 24.4. The minimum Gasteiger partial charge on any atom is -0.486 e. The molecule has 3 unspecified atom stereocenters. The molecule has 7 rings (SSSR count). The number of anilines is 1. The van der Waals surface area contributed by atoms with Gasteiger partial charge in [-0.25, -0.2) is 14.1 Å².